The maximum atomic E-state index is 11.4. The predicted octanol–water partition coefficient (Wildman–Crippen LogP) is 2.69. The molecular formula is C15H21NO2. The molecule has 0 bridgehead atoms. The van der Waals surface area contributed by atoms with E-state index in [0.717, 1.165) is 38.1 Å². The Morgan fingerprint density at radius 1 is 1.33 bits per heavy atom. The van der Waals surface area contributed by atoms with Crippen LogP contribution in [0.5, 0.6) is 5.75 Å². The highest BCUT2D eigenvalue weighted by molar-refractivity contribution is 5.77. The summed E-state index contributed by atoms with van der Waals surface area (Å²) >= 11 is 0. The van der Waals surface area contributed by atoms with E-state index in [-0.39, 0.29) is 0 Å². The predicted molar refractivity (Wildman–Crippen MR) is 71.8 cm³/mol. The minimum atomic E-state index is 0.293. The van der Waals surface area contributed by atoms with Gasteiger partial charge in [0.05, 0.1) is 6.61 Å². The molecule has 3 heteroatoms. The zero-order valence-corrected chi connectivity index (χ0v) is 11.2. The summed E-state index contributed by atoms with van der Waals surface area (Å²) in [5, 5.41) is 0. The molecule has 0 saturated carbocycles. The van der Waals surface area contributed by atoms with Gasteiger partial charge in [-0.05, 0) is 43.9 Å². The van der Waals surface area contributed by atoms with Crippen molar-refractivity contribution in [2.24, 2.45) is 0 Å². The molecule has 1 amide bonds. The molecule has 0 atom stereocenters. The third kappa shape index (κ3) is 3.03. The van der Waals surface area contributed by atoms with Crippen molar-refractivity contribution in [2.45, 2.75) is 33.1 Å². The summed E-state index contributed by atoms with van der Waals surface area (Å²) in [4.78, 5) is 13.4. The third-order valence-electron chi connectivity index (χ3n) is 3.56. The number of rotatable bonds is 5. The van der Waals surface area contributed by atoms with Crippen LogP contribution in [0.15, 0.2) is 18.2 Å². The number of likely N-dealkylation sites (tertiary alicyclic amines) is 1. The zero-order valence-electron chi connectivity index (χ0n) is 11.2. The van der Waals surface area contributed by atoms with Crippen molar-refractivity contribution < 1.29 is 9.53 Å². The molecule has 1 aliphatic heterocycles. The van der Waals surface area contributed by atoms with Gasteiger partial charge in [-0.15, -0.1) is 0 Å². The van der Waals surface area contributed by atoms with Crippen LogP contribution in [0.4, 0.5) is 0 Å². The van der Waals surface area contributed by atoms with Gasteiger partial charge in [0.15, 0.2) is 0 Å². The van der Waals surface area contributed by atoms with Gasteiger partial charge in [-0.3, -0.25) is 4.79 Å². The number of carbonyl (C=O) groups excluding carboxylic acids is 1. The number of hydrogen-bond acceptors (Lipinski definition) is 2. The summed E-state index contributed by atoms with van der Waals surface area (Å²) in [6, 6.07) is 6.11. The van der Waals surface area contributed by atoms with Crippen LogP contribution in [0.3, 0.4) is 0 Å². The number of carbonyl (C=O) groups is 1. The van der Waals surface area contributed by atoms with Crippen molar-refractivity contribution in [1.29, 1.82) is 0 Å². The monoisotopic (exact) mass is 247 g/mol. The fourth-order valence-corrected chi connectivity index (χ4v) is 2.26. The number of nitrogens with zero attached hydrogens (tertiary/aromatic N) is 1. The molecule has 1 saturated heterocycles. The molecule has 1 fully saturated rings. The highest BCUT2D eigenvalue weighted by atomic mass is 16.5. The second-order valence-electron chi connectivity index (χ2n) is 4.88. The zero-order chi connectivity index (χ0) is 13.0. The van der Waals surface area contributed by atoms with E-state index < -0.39 is 0 Å². The number of benzene rings is 1. The molecule has 3 nitrogen and oxygen atoms in total. The summed E-state index contributed by atoms with van der Waals surface area (Å²) in [5.41, 5.74) is 2.46. The normalized spacial score (nSPS) is 15.2. The van der Waals surface area contributed by atoms with Crippen LogP contribution in [-0.2, 0) is 4.79 Å². The van der Waals surface area contributed by atoms with Gasteiger partial charge in [-0.2, -0.15) is 0 Å². The summed E-state index contributed by atoms with van der Waals surface area (Å²) in [6.07, 6.45) is 2.63. The molecule has 0 aromatic heterocycles. The van der Waals surface area contributed by atoms with Crippen LogP contribution in [0.25, 0.3) is 0 Å². The number of hydrogen-bond donors (Lipinski definition) is 0. The molecule has 1 aromatic rings. The van der Waals surface area contributed by atoms with Gasteiger partial charge in [0.1, 0.15) is 5.75 Å². The summed E-state index contributed by atoms with van der Waals surface area (Å²) in [5.74, 6) is 1.25. The Labute approximate surface area is 109 Å². The SMILES string of the molecule is Cc1cccc(OCCCN2CCCC2=O)c1C. The van der Waals surface area contributed by atoms with Crippen molar-refractivity contribution in [3.05, 3.63) is 29.3 Å². The molecule has 0 unspecified atom stereocenters. The highest BCUT2D eigenvalue weighted by Crippen LogP contribution is 2.20. The van der Waals surface area contributed by atoms with E-state index in [1.54, 1.807) is 0 Å². The Hall–Kier alpha value is -1.51. The van der Waals surface area contributed by atoms with Gasteiger partial charge in [-0.25, -0.2) is 0 Å². The fraction of sp³-hybridized carbons (Fsp3) is 0.533. The van der Waals surface area contributed by atoms with E-state index in [9.17, 15) is 4.79 Å². The first-order valence-corrected chi connectivity index (χ1v) is 6.65. The first-order valence-electron chi connectivity index (χ1n) is 6.65. The molecule has 0 radical (unpaired) electrons. The Morgan fingerprint density at radius 3 is 2.89 bits per heavy atom. The van der Waals surface area contributed by atoms with Crippen molar-refractivity contribution >= 4 is 5.91 Å². The molecule has 2 rings (SSSR count). The molecule has 0 spiro atoms. The van der Waals surface area contributed by atoms with Crippen LogP contribution < -0.4 is 4.74 Å². The smallest absolute Gasteiger partial charge is 0.222 e. The van der Waals surface area contributed by atoms with Gasteiger partial charge < -0.3 is 9.64 Å². The van der Waals surface area contributed by atoms with Crippen LogP contribution in [0.2, 0.25) is 0 Å². The molecule has 18 heavy (non-hydrogen) atoms. The Morgan fingerprint density at radius 2 is 2.17 bits per heavy atom. The van der Waals surface area contributed by atoms with E-state index in [2.05, 4.69) is 19.9 Å². The summed E-state index contributed by atoms with van der Waals surface area (Å²) < 4.78 is 5.77. The Kier molecular flexibility index (Phi) is 4.24. The minimum absolute atomic E-state index is 0.293. The van der Waals surface area contributed by atoms with Crippen LogP contribution in [0.1, 0.15) is 30.4 Å². The number of ether oxygens (including phenoxy) is 1. The maximum absolute atomic E-state index is 11.4. The Balaban J connectivity index is 1.75. The van der Waals surface area contributed by atoms with Crippen molar-refractivity contribution in [2.75, 3.05) is 19.7 Å². The van der Waals surface area contributed by atoms with Crippen LogP contribution >= 0.6 is 0 Å². The maximum Gasteiger partial charge on any atom is 0.222 e. The second kappa shape index (κ2) is 5.89. The lowest BCUT2D eigenvalue weighted by Crippen LogP contribution is -2.26. The Bertz CT molecular complexity index is 429. The van der Waals surface area contributed by atoms with E-state index in [1.807, 2.05) is 17.0 Å². The lowest BCUT2D eigenvalue weighted by molar-refractivity contribution is -0.127. The highest BCUT2D eigenvalue weighted by Gasteiger charge is 2.19. The van der Waals surface area contributed by atoms with Crippen LogP contribution in [-0.4, -0.2) is 30.5 Å². The van der Waals surface area contributed by atoms with Crippen molar-refractivity contribution in [1.82, 2.24) is 4.90 Å². The third-order valence-corrected chi connectivity index (χ3v) is 3.56. The van der Waals surface area contributed by atoms with Gasteiger partial charge >= 0.3 is 0 Å². The van der Waals surface area contributed by atoms with Crippen LogP contribution in [0, 0.1) is 13.8 Å². The molecule has 98 valence electrons. The standard InChI is InChI=1S/C15H21NO2/c1-12-6-3-7-14(13(12)2)18-11-5-10-16-9-4-8-15(16)17/h3,6-7H,4-5,8-11H2,1-2H3. The topological polar surface area (TPSA) is 29.5 Å². The average Bonchev–Trinajstić information content (AvgIpc) is 2.76. The van der Waals surface area contributed by atoms with Gasteiger partial charge in [0.2, 0.25) is 5.91 Å². The second-order valence-corrected chi connectivity index (χ2v) is 4.88. The molecule has 1 aliphatic rings. The largest absolute Gasteiger partial charge is 0.493 e. The van der Waals surface area contributed by atoms with E-state index >= 15 is 0 Å². The van der Waals surface area contributed by atoms with Gasteiger partial charge in [-0.1, -0.05) is 12.1 Å². The lowest BCUT2D eigenvalue weighted by atomic mass is 10.1. The first-order chi connectivity index (χ1) is 8.68. The molecule has 1 aromatic carbocycles. The van der Waals surface area contributed by atoms with Gasteiger partial charge in [0.25, 0.3) is 0 Å². The summed E-state index contributed by atoms with van der Waals surface area (Å²) in [7, 11) is 0. The number of aryl methyl sites for hydroxylation is 1. The van der Waals surface area contributed by atoms with Crippen molar-refractivity contribution in [3.8, 4) is 5.75 Å². The average molecular weight is 247 g/mol. The molecule has 0 aliphatic carbocycles. The number of amides is 1. The quantitative estimate of drug-likeness (QED) is 0.749. The van der Waals surface area contributed by atoms with E-state index in [0.29, 0.717) is 12.5 Å². The lowest BCUT2D eigenvalue weighted by Gasteiger charge is -2.16. The summed E-state index contributed by atoms with van der Waals surface area (Å²) in [6.45, 7) is 6.58. The fourth-order valence-electron chi connectivity index (χ4n) is 2.26. The van der Waals surface area contributed by atoms with Gasteiger partial charge in [0, 0.05) is 19.5 Å². The van der Waals surface area contributed by atoms with Crippen molar-refractivity contribution in [3.63, 3.8) is 0 Å². The molecule has 0 N–H and O–H groups in total. The molecular weight excluding hydrogens is 226 g/mol. The van der Waals surface area contributed by atoms with E-state index in [1.165, 1.54) is 11.1 Å². The molecule has 1 heterocycles. The minimum Gasteiger partial charge on any atom is -0.493 e. The van der Waals surface area contributed by atoms with E-state index in [4.69, 9.17) is 4.74 Å². The first kappa shape index (κ1) is 12.9.